The van der Waals surface area contributed by atoms with E-state index in [0.717, 1.165) is 12.1 Å². The lowest BCUT2D eigenvalue weighted by molar-refractivity contribution is 0.103. The van der Waals surface area contributed by atoms with Gasteiger partial charge in [-0.1, -0.05) is 0 Å². The third-order valence-electron chi connectivity index (χ3n) is 1.56. The van der Waals surface area contributed by atoms with Crippen LogP contribution in [0.1, 0.15) is 17.3 Å². The molecule has 1 rings (SSSR count). The lowest BCUT2D eigenvalue weighted by atomic mass is 10.2. The molecule has 4 nitrogen and oxygen atoms in total. The smallest absolute Gasteiger partial charge is 0.434 e. The lowest BCUT2D eigenvalue weighted by Crippen LogP contribution is -2.11. The molecule has 0 aliphatic rings. The van der Waals surface area contributed by atoms with E-state index >= 15 is 0 Å². The van der Waals surface area contributed by atoms with Crippen LogP contribution >= 0.6 is 0 Å². The predicted octanol–water partition coefficient (Wildman–Crippen LogP) is 2.17. The van der Waals surface area contributed by atoms with E-state index in [1.807, 2.05) is 0 Å². The molecule has 15 heavy (non-hydrogen) atoms. The first-order valence-corrected chi connectivity index (χ1v) is 4.26. The number of hydrogen-bond acceptors (Lipinski definition) is 4. The van der Waals surface area contributed by atoms with E-state index in [1.54, 1.807) is 6.92 Å². The summed E-state index contributed by atoms with van der Waals surface area (Å²) in [4.78, 5) is 21.4. The zero-order chi connectivity index (χ0) is 11.3. The van der Waals surface area contributed by atoms with Gasteiger partial charge in [0.25, 0.3) is 0 Å². The van der Waals surface area contributed by atoms with Crippen molar-refractivity contribution in [2.75, 3.05) is 6.61 Å². The van der Waals surface area contributed by atoms with Gasteiger partial charge in [-0.25, -0.2) is 9.18 Å². The number of aldehydes is 1. The van der Waals surface area contributed by atoms with Crippen molar-refractivity contribution in [2.45, 2.75) is 6.92 Å². The molecule has 0 unspecified atom stereocenters. The van der Waals surface area contributed by atoms with Crippen molar-refractivity contribution >= 4 is 12.4 Å². The van der Waals surface area contributed by atoms with E-state index < -0.39 is 12.0 Å². The number of ether oxygens (including phenoxy) is 2. The van der Waals surface area contributed by atoms with E-state index in [0.29, 0.717) is 6.29 Å². The molecule has 0 atom stereocenters. The molecule has 0 bridgehead atoms. The van der Waals surface area contributed by atoms with Crippen LogP contribution in [0.5, 0.6) is 5.75 Å². The molecule has 0 fully saturated rings. The Balaban J connectivity index is 2.87. The normalized spacial score (nSPS) is 9.47. The summed E-state index contributed by atoms with van der Waals surface area (Å²) < 4.78 is 21.9. The molecular formula is C10H9FO4. The van der Waals surface area contributed by atoms with Crippen LogP contribution < -0.4 is 4.74 Å². The highest BCUT2D eigenvalue weighted by molar-refractivity contribution is 5.81. The first kappa shape index (κ1) is 11.2. The first-order valence-electron chi connectivity index (χ1n) is 4.26. The zero-order valence-corrected chi connectivity index (χ0v) is 8.03. The Morgan fingerprint density at radius 3 is 2.87 bits per heavy atom. The second-order valence-corrected chi connectivity index (χ2v) is 2.59. The van der Waals surface area contributed by atoms with Gasteiger partial charge in [0.15, 0.2) is 6.29 Å². The molecule has 0 aliphatic carbocycles. The van der Waals surface area contributed by atoms with Crippen LogP contribution in [-0.2, 0) is 4.74 Å². The summed E-state index contributed by atoms with van der Waals surface area (Å²) in [5.74, 6) is -0.747. The van der Waals surface area contributed by atoms with Gasteiger partial charge in [0.05, 0.1) is 12.2 Å². The lowest BCUT2D eigenvalue weighted by Gasteiger charge is -2.05. The fraction of sp³-hybridized carbons (Fsp3) is 0.200. The monoisotopic (exact) mass is 212 g/mol. The van der Waals surface area contributed by atoms with Crippen LogP contribution in [0, 0.1) is 5.82 Å². The van der Waals surface area contributed by atoms with E-state index in [9.17, 15) is 14.0 Å². The van der Waals surface area contributed by atoms with Gasteiger partial charge in [0.2, 0.25) is 0 Å². The summed E-state index contributed by atoms with van der Waals surface area (Å²) in [6.07, 6.45) is -0.500. The molecule has 0 N–H and O–H groups in total. The molecule has 0 saturated carbocycles. The Morgan fingerprint density at radius 1 is 1.53 bits per heavy atom. The van der Waals surface area contributed by atoms with Gasteiger partial charge >= 0.3 is 6.16 Å². The molecule has 0 radical (unpaired) electrons. The maximum Gasteiger partial charge on any atom is 0.513 e. The predicted molar refractivity (Wildman–Crippen MR) is 49.4 cm³/mol. The number of carbonyl (C=O) groups excluding carboxylic acids is 2. The average Bonchev–Trinajstić information content (AvgIpc) is 2.18. The fourth-order valence-corrected chi connectivity index (χ4v) is 0.931. The summed E-state index contributed by atoms with van der Waals surface area (Å²) in [5, 5.41) is 0. The van der Waals surface area contributed by atoms with Crippen LogP contribution in [0.3, 0.4) is 0 Å². The van der Waals surface area contributed by atoms with Gasteiger partial charge in [-0.3, -0.25) is 4.79 Å². The van der Waals surface area contributed by atoms with E-state index in [1.165, 1.54) is 6.07 Å². The molecule has 0 saturated heterocycles. The third kappa shape index (κ3) is 3.05. The maximum absolute atomic E-state index is 12.8. The van der Waals surface area contributed by atoms with Crippen LogP contribution in [-0.4, -0.2) is 19.0 Å². The summed E-state index contributed by atoms with van der Waals surface area (Å²) in [5.41, 5.74) is 0.0875. The molecule has 0 heterocycles. The SMILES string of the molecule is CCOC(=O)Oc1cc(F)ccc1C=O. The molecular weight excluding hydrogens is 203 g/mol. The molecule has 0 amide bonds. The van der Waals surface area contributed by atoms with Gasteiger partial charge in [0.1, 0.15) is 11.6 Å². The Bertz CT molecular complexity index is 376. The van der Waals surface area contributed by atoms with Crippen molar-refractivity contribution in [3.05, 3.63) is 29.6 Å². The highest BCUT2D eigenvalue weighted by Gasteiger charge is 2.10. The quantitative estimate of drug-likeness (QED) is 0.437. The van der Waals surface area contributed by atoms with Crippen LogP contribution in [0.25, 0.3) is 0 Å². The van der Waals surface area contributed by atoms with Crippen molar-refractivity contribution in [2.24, 2.45) is 0 Å². The van der Waals surface area contributed by atoms with Crippen molar-refractivity contribution in [1.29, 1.82) is 0 Å². The Labute approximate surface area is 85.6 Å². The second kappa shape index (κ2) is 5.09. The highest BCUT2D eigenvalue weighted by atomic mass is 19.1. The molecule has 0 aromatic heterocycles. The first-order chi connectivity index (χ1) is 7.17. The van der Waals surface area contributed by atoms with Crippen molar-refractivity contribution < 1.29 is 23.5 Å². The highest BCUT2D eigenvalue weighted by Crippen LogP contribution is 2.18. The number of hydrogen-bond donors (Lipinski definition) is 0. The molecule has 80 valence electrons. The van der Waals surface area contributed by atoms with Crippen LogP contribution in [0.15, 0.2) is 18.2 Å². The minimum absolute atomic E-state index is 0.0875. The van der Waals surface area contributed by atoms with E-state index in [4.69, 9.17) is 0 Å². The Hall–Kier alpha value is -1.91. The van der Waals surface area contributed by atoms with Gasteiger partial charge in [0, 0.05) is 6.07 Å². The van der Waals surface area contributed by atoms with Gasteiger partial charge in [-0.2, -0.15) is 0 Å². The van der Waals surface area contributed by atoms with Crippen LogP contribution in [0.4, 0.5) is 9.18 Å². The summed E-state index contributed by atoms with van der Waals surface area (Å²) in [6.45, 7) is 1.75. The molecule has 0 aliphatic heterocycles. The minimum atomic E-state index is -0.966. The van der Waals surface area contributed by atoms with Gasteiger partial charge in [-0.05, 0) is 19.1 Å². The molecule has 0 spiro atoms. The van der Waals surface area contributed by atoms with Crippen molar-refractivity contribution in [3.8, 4) is 5.75 Å². The molecule has 1 aromatic carbocycles. The summed E-state index contributed by atoms with van der Waals surface area (Å²) in [7, 11) is 0. The Kier molecular flexibility index (Phi) is 3.79. The number of halogens is 1. The number of carbonyl (C=O) groups is 2. The van der Waals surface area contributed by atoms with Gasteiger partial charge in [-0.15, -0.1) is 0 Å². The molecule has 1 aromatic rings. The maximum atomic E-state index is 12.8. The standard InChI is InChI=1S/C10H9FO4/c1-2-14-10(13)15-9-5-8(11)4-3-7(9)6-12/h3-6H,2H2,1H3. The van der Waals surface area contributed by atoms with Gasteiger partial charge < -0.3 is 9.47 Å². The van der Waals surface area contributed by atoms with Crippen LogP contribution in [0.2, 0.25) is 0 Å². The number of rotatable bonds is 3. The van der Waals surface area contributed by atoms with Crippen molar-refractivity contribution in [3.63, 3.8) is 0 Å². The summed E-state index contributed by atoms with van der Waals surface area (Å²) in [6, 6.07) is 3.26. The van der Waals surface area contributed by atoms with E-state index in [-0.39, 0.29) is 17.9 Å². The Morgan fingerprint density at radius 2 is 2.27 bits per heavy atom. The second-order valence-electron chi connectivity index (χ2n) is 2.59. The van der Waals surface area contributed by atoms with Crippen molar-refractivity contribution in [1.82, 2.24) is 0 Å². The van der Waals surface area contributed by atoms with E-state index in [2.05, 4.69) is 9.47 Å². The third-order valence-corrected chi connectivity index (χ3v) is 1.56. The number of benzene rings is 1. The minimum Gasteiger partial charge on any atom is -0.434 e. The largest absolute Gasteiger partial charge is 0.513 e. The molecule has 5 heteroatoms. The fourth-order valence-electron chi connectivity index (χ4n) is 0.931. The average molecular weight is 212 g/mol. The zero-order valence-electron chi connectivity index (χ0n) is 8.03. The topological polar surface area (TPSA) is 52.6 Å². The summed E-state index contributed by atoms with van der Waals surface area (Å²) >= 11 is 0.